The van der Waals surface area contributed by atoms with E-state index in [4.69, 9.17) is 0 Å². The van der Waals surface area contributed by atoms with Gasteiger partial charge in [0.1, 0.15) is 0 Å². The smallest absolute Gasteiger partial charge is 0.253 e. The number of amides is 2. The molecule has 0 atom stereocenters. The van der Waals surface area contributed by atoms with Crippen LogP contribution in [0.15, 0.2) is 48.5 Å². The Hall–Kier alpha value is -2.66. The third-order valence-corrected chi connectivity index (χ3v) is 5.78. The van der Waals surface area contributed by atoms with Crippen molar-refractivity contribution in [2.45, 2.75) is 32.9 Å². The topological polar surface area (TPSA) is 43.9 Å². The molecule has 0 bridgehead atoms. The van der Waals surface area contributed by atoms with Crippen molar-refractivity contribution in [3.63, 3.8) is 0 Å². The molecule has 4 rings (SSSR count). The van der Waals surface area contributed by atoms with Crippen molar-refractivity contribution >= 4 is 17.5 Å². The molecule has 2 aliphatic rings. The molecular formula is C23H27N3O2. The van der Waals surface area contributed by atoms with E-state index in [1.807, 2.05) is 58.3 Å². The highest BCUT2D eigenvalue weighted by atomic mass is 16.2. The summed E-state index contributed by atoms with van der Waals surface area (Å²) in [7, 11) is 0. The van der Waals surface area contributed by atoms with Gasteiger partial charge >= 0.3 is 0 Å². The van der Waals surface area contributed by atoms with Crippen LogP contribution in [-0.4, -0.2) is 53.8 Å². The maximum absolute atomic E-state index is 12.9. The molecule has 2 aromatic carbocycles. The fourth-order valence-electron chi connectivity index (χ4n) is 4.08. The Morgan fingerprint density at radius 3 is 2.39 bits per heavy atom. The van der Waals surface area contributed by atoms with Crippen LogP contribution in [0.2, 0.25) is 0 Å². The fourth-order valence-corrected chi connectivity index (χ4v) is 4.08. The van der Waals surface area contributed by atoms with Gasteiger partial charge in [0, 0.05) is 43.5 Å². The van der Waals surface area contributed by atoms with Crippen molar-refractivity contribution in [2.75, 3.05) is 31.1 Å². The summed E-state index contributed by atoms with van der Waals surface area (Å²) in [5.74, 6) is 0.161. The zero-order chi connectivity index (χ0) is 19.7. The van der Waals surface area contributed by atoms with E-state index in [-0.39, 0.29) is 11.8 Å². The van der Waals surface area contributed by atoms with Crippen molar-refractivity contribution in [1.82, 2.24) is 9.80 Å². The van der Waals surface area contributed by atoms with Gasteiger partial charge in [-0.2, -0.15) is 0 Å². The van der Waals surface area contributed by atoms with Crippen LogP contribution in [0.4, 0.5) is 5.69 Å². The Kier molecular flexibility index (Phi) is 5.18. The first kappa shape index (κ1) is 18.7. The van der Waals surface area contributed by atoms with Crippen molar-refractivity contribution in [1.29, 1.82) is 0 Å². The normalized spacial score (nSPS) is 17.3. The Bertz CT molecular complexity index is 871. The molecule has 2 heterocycles. The fraction of sp³-hybridized carbons (Fsp3) is 0.391. The molecular weight excluding hydrogens is 350 g/mol. The van der Waals surface area contributed by atoms with Crippen LogP contribution in [0.25, 0.3) is 0 Å². The van der Waals surface area contributed by atoms with Gasteiger partial charge in [-0.1, -0.05) is 30.3 Å². The predicted molar refractivity (Wildman–Crippen MR) is 110 cm³/mol. The lowest BCUT2D eigenvalue weighted by Crippen LogP contribution is -2.50. The molecule has 0 aliphatic carbocycles. The zero-order valence-electron chi connectivity index (χ0n) is 16.6. The van der Waals surface area contributed by atoms with Crippen molar-refractivity contribution in [3.8, 4) is 0 Å². The third-order valence-electron chi connectivity index (χ3n) is 5.78. The van der Waals surface area contributed by atoms with E-state index in [1.165, 1.54) is 0 Å². The Labute approximate surface area is 166 Å². The van der Waals surface area contributed by atoms with E-state index in [0.717, 1.165) is 43.0 Å². The lowest BCUT2D eigenvalue weighted by Gasteiger charge is -2.37. The summed E-state index contributed by atoms with van der Waals surface area (Å²) in [4.78, 5) is 31.6. The van der Waals surface area contributed by atoms with Gasteiger partial charge in [-0.05, 0) is 43.2 Å². The van der Waals surface area contributed by atoms with Crippen LogP contribution in [0.3, 0.4) is 0 Å². The van der Waals surface area contributed by atoms with Gasteiger partial charge < -0.3 is 9.80 Å². The maximum Gasteiger partial charge on any atom is 0.253 e. The van der Waals surface area contributed by atoms with Crippen LogP contribution in [0.1, 0.15) is 35.3 Å². The van der Waals surface area contributed by atoms with E-state index in [9.17, 15) is 9.59 Å². The average molecular weight is 377 g/mol. The second kappa shape index (κ2) is 7.76. The maximum atomic E-state index is 12.9. The number of anilines is 1. The van der Waals surface area contributed by atoms with Crippen LogP contribution in [-0.2, 0) is 17.8 Å². The van der Waals surface area contributed by atoms with Crippen LogP contribution < -0.4 is 4.90 Å². The van der Waals surface area contributed by atoms with Crippen molar-refractivity contribution < 1.29 is 9.59 Å². The number of fused-ring (bicyclic) bond motifs is 1. The number of carbonyl (C=O) groups excluding carboxylic acids is 2. The molecule has 0 saturated carbocycles. The molecule has 5 nitrogen and oxygen atoms in total. The number of carbonyl (C=O) groups is 2. The van der Waals surface area contributed by atoms with Crippen LogP contribution in [0, 0.1) is 0 Å². The van der Waals surface area contributed by atoms with Gasteiger partial charge in [0.2, 0.25) is 5.91 Å². The summed E-state index contributed by atoms with van der Waals surface area (Å²) in [6, 6.07) is 16.2. The van der Waals surface area contributed by atoms with E-state index in [0.29, 0.717) is 24.6 Å². The molecule has 2 amide bonds. The summed E-state index contributed by atoms with van der Waals surface area (Å²) in [5.41, 5.74) is 3.67. The van der Waals surface area contributed by atoms with Crippen LogP contribution >= 0.6 is 0 Å². The summed E-state index contributed by atoms with van der Waals surface area (Å²) in [6.45, 7) is 8.29. The number of hydrogen-bond acceptors (Lipinski definition) is 3. The minimum atomic E-state index is 0.0696. The summed E-state index contributed by atoms with van der Waals surface area (Å²) >= 11 is 0. The highest BCUT2D eigenvalue weighted by Crippen LogP contribution is 2.31. The Morgan fingerprint density at radius 2 is 1.71 bits per heavy atom. The standard InChI is InChI=1S/C23H27N3O2/c1-17(2)24-10-12-25(13-11-24)23(28)19-8-9-21-20(14-19)15-22(27)26(21)16-18-6-4-3-5-7-18/h3-9,14,17H,10-13,15-16H2,1-2H3. The molecule has 1 fully saturated rings. The third kappa shape index (κ3) is 3.67. The number of hydrogen-bond donors (Lipinski definition) is 0. The lowest BCUT2D eigenvalue weighted by atomic mass is 10.1. The minimum absolute atomic E-state index is 0.0696. The second-order valence-electron chi connectivity index (χ2n) is 7.91. The number of nitrogens with zero attached hydrogens (tertiary/aromatic N) is 3. The van der Waals surface area contributed by atoms with E-state index < -0.39 is 0 Å². The van der Waals surface area contributed by atoms with E-state index in [2.05, 4.69) is 18.7 Å². The van der Waals surface area contributed by atoms with Gasteiger partial charge in [-0.3, -0.25) is 14.5 Å². The molecule has 0 N–H and O–H groups in total. The largest absolute Gasteiger partial charge is 0.336 e. The molecule has 28 heavy (non-hydrogen) atoms. The quantitative estimate of drug-likeness (QED) is 0.823. The van der Waals surface area contributed by atoms with Gasteiger partial charge in [-0.15, -0.1) is 0 Å². The lowest BCUT2D eigenvalue weighted by molar-refractivity contribution is -0.117. The van der Waals surface area contributed by atoms with E-state index >= 15 is 0 Å². The molecule has 0 spiro atoms. The summed E-state index contributed by atoms with van der Waals surface area (Å²) in [6.07, 6.45) is 0.365. The number of rotatable bonds is 4. The summed E-state index contributed by atoms with van der Waals surface area (Å²) < 4.78 is 0. The number of benzene rings is 2. The van der Waals surface area contributed by atoms with Gasteiger partial charge in [-0.25, -0.2) is 0 Å². The van der Waals surface area contributed by atoms with E-state index in [1.54, 1.807) is 0 Å². The Morgan fingerprint density at radius 1 is 1.00 bits per heavy atom. The molecule has 2 aromatic rings. The first-order valence-electron chi connectivity index (χ1n) is 10.0. The first-order chi connectivity index (χ1) is 13.5. The monoisotopic (exact) mass is 377 g/mol. The average Bonchev–Trinajstić information content (AvgIpc) is 3.02. The molecule has 1 saturated heterocycles. The minimum Gasteiger partial charge on any atom is -0.336 e. The van der Waals surface area contributed by atoms with Crippen molar-refractivity contribution in [2.24, 2.45) is 0 Å². The Balaban J connectivity index is 1.48. The first-order valence-corrected chi connectivity index (χ1v) is 10.0. The van der Waals surface area contributed by atoms with Gasteiger partial charge in [0.15, 0.2) is 0 Å². The molecule has 146 valence electrons. The highest BCUT2D eigenvalue weighted by molar-refractivity contribution is 6.03. The second-order valence-corrected chi connectivity index (χ2v) is 7.91. The molecule has 5 heteroatoms. The van der Waals surface area contributed by atoms with Crippen LogP contribution in [0.5, 0.6) is 0 Å². The predicted octanol–water partition coefficient (Wildman–Crippen LogP) is 2.94. The van der Waals surface area contributed by atoms with Gasteiger partial charge in [0.05, 0.1) is 13.0 Å². The summed E-state index contributed by atoms with van der Waals surface area (Å²) in [5, 5.41) is 0. The van der Waals surface area contributed by atoms with Crippen molar-refractivity contribution in [3.05, 3.63) is 65.2 Å². The molecule has 0 unspecified atom stereocenters. The molecule has 2 aliphatic heterocycles. The number of piperazine rings is 1. The molecule has 0 radical (unpaired) electrons. The zero-order valence-corrected chi connectivity index (χ0v) is 16.6. The molecule has 0 aromatic heterocycles. The highest BCUT2D eigenvalue weighted by Gasteiger charge is 2.29. The van der Waals surface area contributed by atoms with Gasteiger partial charge in [0.25, 0.3) is 5.91 Å². The SMILES string of the molecule is CC(C)N1CCN(C(=O)c2ccc3c(c2)CC(=O)N3Cc2ccccc2)CC1.